The van der Waals surface area contributed by atoms with Crippen LogP contribution in [0.4, 0.5) is 0 Å². The third-order valence-electron chi connectivity index (χ3n) is 3.02. The molecule has 3 nitrogen and oxygen atoms in total. The Balaban J connectivity index is 2.42. The third-order valence-corrected chi connectivity index (χ3v) is 3.25. The predicted molar refractivity (Wildman–Crippen MR) is 75.9 cm³/mol. The monoisotopic (exact) mass is 265 g/mol. The number of hydrogen-bond acceptors (Lipinski definition) is 2. The summed E-state index contributed by atoms with van der Waals surface area (Å²) >= 11 is 5.98. The molecular formula is C14H20ClN3. The van der Waals surface area contributed by atoms with Crippen LogP contribution in [0.15, 0.2) is 12.1 Å². The minimum Gasteiger partial charge on any atom is -0.312 e. The van der Waals surface area contributed by atoms with Gasteiger partial charge in [-0.25, -0.2) is 9.97 Å². The number of alkyl halides is 1. The molecule has 18 heavy (non-hydrogen) atoms. The summed E-state index contributed by atoms with van der Waals surface area (Å²) in [6.45, 7) is 9.64. The van der Waals surface area contributed by atoms with Crippen LogP contribution in [0.2, 0.25) is 0 Å². The maximum atomic E-state index is 5.98. The second-order valence-electron chi connectivity index (χ2n) is 5.92. The highest BCUT2D eigenvalue weighted by molar-refractivity contribution is 6.16. The molecule has 0 aliphatic carbocycles. The maximum absolute atomic E-state index is 5.98. The van der Waals surface area contributed by atoms with Gasteiger partial charge in [0.1, 0.15) is 11.3 Å². The van der Waals surface area contributed by atoms with Gasteiger partial charge in [0, 0.05) is 12.2 Å². The summed E-state index contributed by atoms with van der Waals surface area (Å²) in [5.74, 6) is 1.34. The van der Waals surface area contributed by atoms with Crippen molar-refractivity contribution in [2.45, 2.75) is 46.5 Å². The molecule has 0 saturated carbocycles. The highest BCUT2D eigenvalue weighted by Crippen LogP contribution is 2.23. The Morgan fingerprint density at radius 2 is 1.94 bits per heavy atom. The van der Waals surface area contributed by atoms with Gasteiger partial charge in [0.2, 0.25) is 0 Å². The number of hydrogen-bond donors (Lipinski definition) is 0. The largest absolute Gasteiger partial charge is 0.312 e. The molecule has 0 N–H and O–H groups in total. The van der Waals surface area contributed by atoms with Crippen LogP contribution in [0.1, 0.15) is 38.7 Å². The van der Waals surface area contributed by atoms with Crippen LogP contribution in [0, 0.1) is 12.3 Å². The fraction of sp³-hybridized carbons (Fsp3) is 0.571. The lowest BCUT2D eigenvalue weighted by Crippen LogP contribution is -2.12. The molecule has 0 aliphatic rings. The summed E-state index contributed by atoms with van der Waals surface area (Å²) < 4.78 is 2.15. The van der Waals surface area contributed by atoms with Gasteiger partial charge in [-0.2, -0.15) is 0 Å². The van der Waals surface area contributed by atoms with E-state index in [1.165, 1.54) is 0 Å². The fourth-order valence-corrected chi connectivity index (χ4v) is 2.13. The second-order valence-corrected chi connectivity index (χ2v) is 6.19. The highest BCUT2D eigenvalue weighted by atomic mass is 35.5. The van der Waals surface area contributed by atoms with Crippen molar-refractivity contribution in [3.05, 3.63) is 23.7 Å². The first kappa shape index (κ1) is 13.3. The third kappa shape index (κ3) is 2.83. The summed E-state index contributed by atoms with van der Waals surface area (Å²) in [7, 11) is 0. The van der Waals surface area contributed by atoms with Gasteiger partial charge in [0.25, 0.3) is 0 Å². The van der Waals surface area contributed by atoms with Gasteiger partial charge < -0.3 is 4.57 Å². The zero-order chi connectivity index (χ0) is 13.3. The van der Waals surface area contributed by atoms with E-state index in [9.17, 15) is 0 Å². The summed E-state index contributed by atoms with van der Waals surface area (Å²) in [6, 6.07) is 4.00. The average Bonchev–Trinajstić information content (AvgIpc) is 2.62. The molecular weight excluding hydrogens is 246 g/mol. The Morgan fingerprint density at radius 3 is 2.56 bits per heavy atom. The Kier molecular flexibility index (Phi) is 3.62. The van der Waals surface area contributed by atoms with Crippen LogP contribution in [-0.2, 0) is 12.4 Å². The van der Waals surface area contributed by atoms with Crippen LogP contribution in [0.25, 0.3) is 11.2 Å². The van der Waals surface area contributed by atoms with Gasteiger partial charge in [0.05, 0.1) is 5.88 Å². The van der Waals surface area contributed by atoms with Gasteiger partial charge in [-0.15, -0.1) is 11.6 Å². The van der Waals surface area contributed by atoms with Crippen LogP contribution < -0.4 is 0 Å². The van der Waals surface area contributed by atoms with Crippen molar-refractivity contribution in [3.63, 3.8) is 0 Å². The van der Waals surface area contributed by atoms with E-state index in [4.69, 9.17) is 11.6 Å². The summed E-state index contributed by atoms with van der Waals surface area (Å²) in [4.78, 5) is 9.13. The van der Waals surface area contributed by atoms with Gasteiger partial charge in [-0.3, -0.25) is 0 Å². The van der Waals surface area contributed by atoms with Crippen LogP contribution >= 0.6 is 11.6 Å². The van der Waals surface area contributed by atoms with Crippen molar-refractivity contribution in [2.24, 2.45) is 5.41 Å². The molecule has 0 atom stereocenters. The van der Waals surface area contributed by atoms with Gasteiger partial charge >= 0.3 is 0 Å². The molecule has 4 heteroatoms. The number of halogens is 1. The first-order valence-corrected chi connectivity index (χ1v) is 6.83. The Morgan fingerprint density at radius 1 is 1.22 bits per heavy atom. The molecule has 0 bridgehead atoms. The van der Waals surface area contributed by atoms with E-state index in [0.29, 0.717) is 11.3 Å². The number of nitrogens with zero attached hydrogens (tertiary/aromatic N) is 3. The normalized spacial score (nSPS) is 12.3. The van der Waals surface area contributed by atoms with E-state index in [1.54, 1.807) is 0 Å². The molecule has 0 aromatic carbocycles. The summed E-state index contributed by atoms with van der Waals surface area (Å²) in [5.41, 5.74) is 3.20. The minimum atomic E-state index is 0.296. The molecule has 2 heterocycles. The fourth-order valence-electron chi connectivity index (χ4n) is 1.93. The molecule has 0 radical (unpaired) electrons. The zero-order valence-electron chi connectivity index (χ0n) is 11.5. The lowest BCUT2D eigenvalue weighted by Gasteiger charge is -2.19. The van der Waals surface area contributed by atoms with Crippen LogP contribution in [0.5, 0.6) is 0 Å². The molecule has 98 valence electrons. The molecule has 0 unspecified atom stereocenters. The van der Waals surface area contributed by atoms with Crippen molar-refractivity contribution in [1.82, 2.24) is 14.5 Å². The number of rotatable bonds is 3. The number of aryl methyl sites for hydroxylation is 2. The number of fused-ring (bicyclic) bond motifs is 1. The van der Waals surface area contributed by atoms with E-state index >= 15 is 0 Å². The lowest BCUT2D eigenvalue weighted by atomic mass is 9.92. The van der Waals surface area contributed by atoms with E-state index in [2.05, 4.69) is 35.3 Å². The minimum absolute atomic E-state index is 0.296. The predicted octanol–water partition coefficient (Wildman–Crippen LogP) is 3.91. The molecule has 0 spiro atoms. The SMILES string of the molecule is Cc1ccc2nc(CCl)n(CCC(C)(C)C)c2n1. The van der Waals surface area contributed by atoms with Crippen molar-refractivity contribution in [1.29, 1.82) is 0 Å². The Hall–Kier alpha value is -1.09. The molecule has 0 fully saturated rings. The standard InChI is InChI=1S/C14H20ClN3/c1-10-5-6-11-13(16-10)18(12(9-15)17-11)8-7-14(2,3)4/h5-6H,7-9H2,1-4H3. The van der Waals surface area contributed by atoms with E-state index in [-0.39, 0.29) is 0 Å². The summed E-state index contributed by atoms with van der Waals surface area (Å²) in [5, 5.41) is 0. The first-order valence-electron chi connectivity index (χ1n) is 6.29. The van der Waals surface area contributed by atoms with E-state index < -0.39 is 0 Å². The van der Waals surface area contributed by atoms with Crippen molar-refractivity contribution in [3.8, 4) is 0 Å². The molecule has 0 amide bonds. The molecule has 0 aliphatic heterocycles. The van der Waals surface area contributed by atoms with Gasteiger partial charge in [0.15, 0.2) is 5.65 Å². The second kappa shape index (κ2) is 4.88. The number of aromatic nitrogens is 3. The number of imidazole rings is 1. The van der Waals surface area contributed by atoms with E-state index in [0.717, 1.165) is 35.6 Å². The topological polar surface area (TPSA) is 30.7 Å². The quantitative estimate of drug-likeness (QED) is 0.788. The van der Waals surface area contributed by atoms with Crippen LogP contribution in [-0.4, -0.2) is 14.5 Å². The van der Waals surface area contributed by atoms with Crippen molar-refractivity contribution < 1.29 is 0 Å². The van der Waals surface area contributed by atoms with E-state index in [1.807, 2.05) is 19.1 Å². The highest BCUT2D eigenvalue weighted by Gasteiger charge is 2.15. The molecule has 2 aromatic rings. The molecule has 0 saturated heterocycles. The zero-order valence-corrected chi connectivity index (χ0v) is 12.3. The summed E-state index contributed by atoms with van der Waals surface area (Å²) in [6.07, 6.45) is 1.08. The van der Waals surface area contributed by atoms with Crippen molar-refractivity contribution >= 4 is 22.8 Å². The van der Waals surface area contributed by atoms with Crippen molar-refractivity contribution in [2.75, 3.05) is 0 Å². The van der Waals surface area contributed by atoms with Gasteiger partial charge in [-0.05, 0) is 30.9 Å². The van der Waals surface area contributed by atoms with Gasteiger partial charge in [-0.1, -0.05) is 20.8 Å². The smallest absolute Gasteiger partial charge is 0.160 e. The first-order chi connectivity index (χ1) is 8.40. The maximum Gasteiger partial charge on any atom is 0.160 e. The molecule has 2 aromatic heterocycles. The average molecular weight is 266 g/mol. The molecule has 2 rings (SSSR count). The Labute approximate surface area is 113 Å². The lowest BCUT2D eigenvalue weighted by molar-refractivity contribution is 0.350. The van der Waals surface area contributed by atoms with Crippen LogP contribution in [0.3, 0.4) is 0 Å². The Bertz CT molecular complexity index is 552. The number of pyridine rings is 1.